The molecule has 0 aliphatic rings. The summed E-state index contributed by atoms with van der Waals surface area (Å²) in [6.07, 6.45) is 3.19. The van der Waals surface area contributed by atoms with E-state index < -0.39 is 0 Å². The lowest BCUT2D eigenvalue weighted by Gasteiger charge is -2.11. The second-order valence-corrected chi connectivity index (χ2v) is 4.15. The Morgan fingerprint density at radius 3 is 2.43 bits per heavy atom. The molecule has 1 aromatic carbocycles. The molecule has 0 saturated heterocycles. The molecule has 0 spiro atoms. The summed E-state index contributed by atoms with van der Waals surface area (Å²) in [6.45, 7) is 4.25. The monoisotopic (exact) mass is 191 g/mol. The number of aryl methyl sites for hydroxylation is 1. The van der Waals surface area contributed by atoms with Crippen LogP contribution in [0.4, 0.5) is 0 Å². The normalized spacial score (nSPS) is 11.2. The summed E-state index contributed by atoms with van der Waals surface area (Å²) in [4.78, 5) is 0. The van der Waals surface area contributed by atoms with Gasteiger partial charge >= 0.3 is 0 Å². The van der Waals surface area contributed by atoms with Crippen LogP contribution in [0.1, 0.15) is 32.3 Å². The highest BCUT2D eigenvalue weighted by Gasteiger charge is 2.07. The highest BCUT2D eigenvalue weighted by molar-refractivity contribution is 5.15. The van der Waals surface area contributed by atoms with E-state index in [0.29, 0.717) is 12.0 Å². The van der Waals surface area contributed by atoms with E-state index >= 15 is 0 Å². The van der Waals surface area contributed by atoms with Crippen LogP contribution < -0.4 is 0 Å². The fourth-order valence-electron chi connectivity index (χ4n) is 1.51. The second kappa shape index (κ2) is 5.82. The fourth-order valence-corrected chi connectivity index (χ4v) is 1.51. The third kappa shape index (κ3) is 4.43. The van der Waals surface area contributed by atoms with Gasteiger partial charge in [-0.15, -0.1) is 0 Å². The largest absolute Gasteiger partial charge is 0.387 e. The van der Waals surface area contributed by atoms with Crippen LogP contribution in [0.3, 0.4) is 0 Å². The van der Waals surface area contributed by atoms with E-state index in [1.54, 1.807) is 0 Å². The third-order valence-corrected chi connectivity index (χ3v) is 2.19. The zero-order valence-electron chi connectivity index (χ0n) is 9.03. The lowest BCUT2D eigenvalue weighted by Crippen LogP contribution is -2.02. The van der Waals surface area contributed by atoms with Gasteiger partial charge in [-0.2, -0.15) is 0 Å². The van der Waals surface area contributed by atoms with E-state index in [4.69, 9.17) is 0 Å². The molecule has 0 heterocycles. The molecule has 1 heteroatoms. The van der Waals surface area contributed by atoms with E-state index in [1.165, 1.54) is 5.56 Å². The van der Waals surface area contributed by atoms with Gasteiger partial charge in [0.15, 0.2) is 0 Å². The molecule has 1 N–H and O–H groups in total. The van der Waals surface area contributed by atoms with Crippen LogP contribution in [0.2, 0.25) is 0 Å². The minimum absolute atomic E-state index is 0.547. The van der Waals surface area contributed by atoms with Gasteiger partial charge in [0.25, 0.3) is 0 Å². The molecule has 1 aromatic rings. The van der Waals surface area contributed by atoms with Crippen molar-refractivity contribution < 1.29 is 5.11 Å². The van der Waals surface area contributed by atoms with Crippen molar-refractivity contribution in [2.75, 3.05) is 0 Å². The number of benzene rings is 1. The first-order valence-electron chi connectivity index (χ1n) is 5.26. The summed E-state index contributed by atoms with van der Waals surface area (Å²) in [6, 6.07) is 10.3. The first-order valence-corrected chi connectivity index (χ1v) is 5.26. The molecule has 0 aromatic heterocycles. The first kappa shape index (κ1) is 11.3. The Kier molecular flexibility index (Phi) is 4.68. The van der Waals surface area contributed by atoms with Gasteiger partial charge in [0, 0.05) is 0 Å². The number of rotatable bonds is 5. The summed E-state index contributed by atoms with van der Waals surface area (Å²) in [5, 5.41) is 9.60. The maximum Gasteiger partial charge on any atom is 0.0939 e. The quantitative estimate of drug-likeness (QED) is 0.754. The summed E-state index contributed by atoms with van der Waals surface area (Å²) < 4.78 is 0. The number of hydrogen-bond donors (Lipinski definition) is 1. The Labute approximate surface area is 86.8 Å². The van der Waals surface area contributed by atoms with Gasteiger partial charge in [-0.25, -0.2) is 0 Å². The molecule has 1 radical (unpaired) electrons. The van der Waals surface area contributed by atoms with Crippen LogP contribution in [0.15, 0.2) is 30.3 Å². The summed E-state index contributed by atoms with van der Waals surface area (Å²) in [5.74, 6) is 0.547. The first-order chi connectivity index (χ1) is 6.68. The predicted molar refractivity (Wildman–Crippen MR) is 59.4 cm³/mol. The van der Waals surface area contributed by atoms with Crippen molar-refractivity contribution in [2.45, 2.75) is 33.1 Å². The van der Waals surface area contributed by atoms with Gasteiger partial charge < -0.3 is 5.11 Å². The van der Waals surface area contributed by atoms with E-state index in [9.17, 15) is 5.11 Å². The van der Waals surface area contributed by atoms with Crippen LogP contribution >= 0.6 is 0 Å². The molecule has 1 rings (SSSR count). The van der Waals surface area contributed by atoms with Crippen LogP contribution in [-0.4, -0.2) is 5.11 Å². The average Bonchev–Trinajstić information content (AvgIpc) is 2.15. The molecular formula is C13H19O. The lowest BCUT2D eigenvalue weighted by molar-refractivity contribution is 0.250. The highest BCUT2D eigenvalue weighted by atomic mass is 16.3. The van der Waals surface area contributed by atoms with Gasteiger partial charge in [0.1, 0.15) is 0 Å². The Bertz CT molecular complexity index is 241. The highest BCUT2D eigenvalue weighted by Crippen LogP contribution is 2.16. The molecule has 0 saturated carbocycles. The number of aliphatic hydroxyl groups is 1. The molecule has 1 nitrogen and oxygen atoms in total. The van der Waals surface area contributed by atoms with Crippen molar-refractivity contribution in [1.29, 1.82) is 0 Å². The molecule has 0 atom stereocenters. The van der Waals surface area contributed by atoms with E-state index in [0.717, 1.165) is 19.3 Å². The molecular weight excluding hydrogens is 172 g/mol. The standard InChI is InChI=1S/C13H19O/c1-11(2)10-13(14)9-8-12-6-4-3-5-7-12/h3-7,11,14H,8-10H2,1-2H3. The summed E-state index contributed by atoms with van der Waals surface area (Å²) in [5.41, 5.74) is 1.29. The van der Waals surface area contributed by atoms with E-state index in [-0.39, 0.29) is 0 Å². The molecule has 0 aliphatic carbocycles. The number of aliphatic hydroxyl groups excluding tert-OH is 1. The van der Waals surface area contributed by atoms with Gasteiger partial charge in [0.2, 0.25) is 0 Å². The maximum atomic E-state index is 9.60. The average molecular weight is 191 g/mol. The zero-order valence-corrected chi connectivity index (χ0v) is 9.03. The Balaban J connectivity index is 2.27. The van der Waals surface area contributed by atoms with Crippen LogP contribution in [0.5, 0.6) is 0 Å². The van der Waals surface area contributed by atoms with Crippen molar-refractivity contribution in [3.63, 3.8) is 0 Å². The molecule has 0 fully saturated rings. The Morgan fingerprint density at radius 2 is 1.86 bits per heavy atom. The molecule has 77 valence electrons. The molecule has 0 bridgehead atoms. The fraction of sp³-hybridized carbons (Fsp3) is 0.462. The van der Waals surface area contributed by atoms with Crippen LogP contribution in [0.25, 0.3) is 0 Å². The predicted octanol–water partition coefficient (Wildman–Crippen LogP) is 3.57. The van der Waals surface area contributed by atoms with Crippen molar-refractivity contribution in [1.82, 2.24) is 0 Å². The molecule has 0 aliphatic heterocycles. The van der Waals surface area contributed by atoms with Crippen LogP contribution in [0, 0.1) is 12.0 Å². The van der Waals surface area contributed by atoms with E-state index in [1.807, 2.05) is 18.2 Å². The van der Waals surface area contributed by atoms with Crippen LogP contribution in [-0.2, 0) is 6.42 Å². The number of hydrogen-bond acceptors (Lipinski definition) is 1. The molecule has 0 unspecified atom stereocenters. The minimum atomic E-state index is 0.547. The summed E-state index contributed by atoms with van der Waals surface area (Å²) >= 11 is 0. The Morgan fingerprint density at radius 1 is 1.21 bits per heavy atom. The Hall–Kier alpha value is -0.820. The van der Waals surface area contributed by atoms with Crippen molar-refractivity contribution >= 4 is 0 Å². The SMILES string of the molecule is CC(C)C[C](O)CCc1ccccc1. The minimum Gasteiger partial charge on any atom is -0.387 e. The topological polar surface area (TPSA) is 20.2 Å². The van der Waals surface area contributed by atoms with Gasteiger partial charge in [-0.05, 0) is 30.7 Å². The van der Waals surface area contributed by atoms with Gasteiger partial charge in [0.05, 0.1) is 6.10 Å². The zero-order chi connectivity index (χ0) is 10.4. The van der Waals surface area contributed by atoms with Crippen molar-refractivity contribution in [2.24, 2.45) is 5.92 Å². The smallest absolute Gasteiger partial charge is 0.0939 e. The molecule has 0 amide bonds. The summed E-state index contributed by atoms with van der Waals surface area (Å²) in [7, 11) is 0. The van der Waals surface area contributed by atoms with Gasteiger partial charge in [-0.1, -0.05) is 44.2 Å². The lowest BCUT2D eigenvalue weighted by atomic mass is 10.00. The second-order valence-electron chi connectivity index (χ2n) is 4.15. The van der Waals surface area contributed by atoms with E-state index in [2.05, 4.69) is 26.0 Å². The van der Waals surface area contributed by atoms with Gasteiger partial charge in [-0.3, -0.25) is 0 Å². The third-order valence-electron chi connectivity index (χ3n) is 2.19. The maximum absolute atomic E-state index is 9.60. The van der Waals surface area contributed by atoms with Crippen molar-refractivity contribution in [3.05, 3.63) is 42.0 Å². The van der Waals surface area contributed by atoms with Crippen molar-refractivity contribution in [3.8, 4) is 0 Å². The molecule has 14 heavy (non-hydrogen) atoms.